The lowest BCUT2D eigenvalue weighted by Gasteiger charge is -2.23. The Bertz CT molecular complexity index is 214. The minimum atomic E-state index is -1.39. The maximum Gasteiger partial charge on any atom is 0.328 e. The summed E-state index contributed by atoms with van der Waals surface area (Å²) >= 11 is 11.3. The van der Waals surface area contributed by atoms with Gasteiger partial charge < -0.3 is 4.74 Å². The van der Waals surface area contributed by atoms with E-state index < -0.39 is 11.8 Å². The van der Waals surface area contributed by atoms with Crippen molar-refractivity contribution in [3.05, 3.63) is 12.7 Å². The van der Waals surface area contributed by atoms with Crippen LogP contribution in [0.25, 0.3) is 0 Å². The van der Waals surface area contributed by atoms with E-state index in [0.717, 1.165) is 0 Å². The fraction of sp³-hybridized carbons (Fsp3) is 0.750. The lowest BCUT2D eigenvalue weighted by molar-refractivity contribution is -0.404. The van der Waals surface area contributed by atoms with Crippen molar-refractivity contribution in [1.29, 1.82) is 0 Å². The third-order valence-corrected chi connectivity index (χ3v) is 2.36. The van der Waals surface area contributed by atoms with Crippen LogP contribution in [0.5, 0.6) is 0 Å². The van der Waals surface area contributed by atoms with Crippen molar-refractivity contribution in [3.63, 3.8) is 0 Å². The fourth-order valence-electron chi connectivity index (χ4n) is 0.892. The Morgan fingerprint density at radius 1 is 1.36 bits per heavy atom. The minimum Gasteiger partial charge on any atom is -0.320 e. The minimum absolute atomic E-state index is 0.0205. The van der Waals surface area contributed by atoms with Crippen LogP contribution < -0.4 is 0 Å². The van der Waals surface area contributed by atoms with E-state index in [-0.39, 0.29) is 18.4 Å². The van der Waals surface area contributed by atoms with E-state index in [4.69, 9.17) is 42.5 Å². The molecule has 1 fully saturated rings. The molecule has 0 bridgehead atoms. The maximum absolute atomic E-state index is 5.65. The SMILES string of the molecule is C=CCO[C@]1(CCl)OO[C@](C)(CCl)O1. The van der Waals surface area contributed by atoms with E-state index in [0.29, 0.717) is 0 Å². The largest absolute Gasteiger partial charge is 0.328 e. The fourth-order valence-corrected chi connectivity index (χ4v) is 1.17. The lowest BCUT2D eigenvalue weighted by atomic mass is 10.4. The first-order valence-corrected chi connectivity index (χ1v) is 5.10. The lowest BCUT2D eigenvalue weighted by Crippen LogP contribution is -2.40. The molecule has 14 heavy (non-hydrogen) atoms. The van der Waals surface area contributed by atoms with Crippen molar-refractivity contribution >= 4 is 23.2 Å². The molecule has 0 amide bonds. The summed E-state index contributed by atoms with van der Waals surface area (Å²) in [6.07, 6.45) is 1.55. The molecule has 82 valence electrons. The molecule has 0 aromatic heterocycles. The number of hydrogen-bond acceptors (Lipinski definition) is 4. The maximum atomic E-state index is 5.65. The van der Waals surface area contributed by atoms with Gasteiger partial charge in [0, 0.05) is 0 Å². The summed E-state index contributed by atoms with van der Waals surface area (Å²) in [4.78, 5) is 9.79. The van der Waals surface area contributed by atoms with Crippen LogP contribution in [-0.4, -0.2) is 30.1 Å². The van der Waals surface area contributed by atoms with E-state index in [1.807, 2.05) is 0 Å². The molecular formula is C8H12Cl2O4. The zero-order chi connectivity index (χ0) is 10.7. The molecule has 1 rings (SSSR count). The van der Waals surface area contributed by atoms with Gasteiger partial charge in [0.2, 0.25) is 5.79 Å². The summed E-state index contributed by atoms with van der Waals surface area (Å²) in [7, 11) is 0. The van der Waals surface area contributed by atoms with Crippen molar-refractivity contribution in [2.45, 2.75) is 18.7 Å². The van der Waals surface area contributed by atoms with Gasteiger partial charge in [-0.3, -0.25) is 4.74 Å². The topological polar surface area (TPSA) is 36.9 Å². The third kappa shape index (κ3) is 2.59. The van der Waals surface area contributed by atoms with Crippen LogP contribution in [-0.2, 0) is 19.2 Å². The Kier molecular flexibility index (Phi) is 4.18. The second kappa shape index (κ2) is 4.79. The monoisotopic (exact) mass is 242 g/mol. The molecule has 6 heteroatoms. The smallest absolute Gasteiger partial charge is 0.320 e. The van der Waals surface area contributed by atoms with Gasteiger partial charge in [-0.15, -0.1) is 29.8 Å². The van der Waals surface area contributed by atoms with Gasteiger partial charge in [-0.1, -0.05) is 6.08 Å². The molecule has 1 heterocycles. The van der Waals surface area contributed by atoms with Gasteiger partial charge in [0.05, 0.1) is 12.5 Å². The van der Waals surface area contributed by atoms with E-state index in [2.05, 4.69) is 6.58 Å². The molecule has 2 atom stereocenters. The summed E-state index contributed by atoms with van der Waals surface area (Å²) in [6.45, 7) is 5.37. The van der Waals surface area contributed by atoms with Gasteiger partial charge in [0.15, 0.2) is 0 Å². The summed E-state index contributed by atoms with van der Waals surface area (Å²) in [5, 5.41) is 0. The molecule has 1 saturated heterocycles. The second-order valence-electron chi connectivity index (χ2n) is 2.95. The first kappa shape index (κ1) is 12.2. The molecule has 0 unspecified atom stereocenters. The van der Waals surface area contributed by atoms with Crippen molar-refractivity contribution in [2.75, 3.05) is 18.4 Å². The molecule has 0 radical (unpaired) electrons. The van der Waals surface area contributed by atoms with Crippen LogP contribution in [0.3, 0.4) is 0 Å². The highest BCUT2D eigenvalue weighted by Crippen LogP contribution is 2.35. The molecule has 0 saturated carbocycles. The van der Waals surface area contributed by atoms with E-state index in [1.165, 1.54) is 0 Å². The Labute approximate surface area is 92.6 Å². The van der Waals surface area contributed by atoms with Crippen LogP contribution in [0.4, 0.5) is 0 Å². The molecule has 0 aromatic rings. The Morgan fingerprint density at radius 2 is 2.07 bits per heavy atom. The van der Waals surface area contributed by atoms with Crippen molar-refractivity contribution in [3.8, 4) is 0 Å². The van der Waals surface area contributed by atoms with Gasteiger partial charge in [0.1, 0.15) is 5.88 Å². The van der Waals surface area contributed by atoms with Gasteiger partial charge in [-0.25, -0.2) is 0 Å². The standard InChI is InChI=1S/C8H12Cl2O4/c1-3-4-11-8(6-10)12-7(2,5-9)13-14-8/h3H,1,4-6H2,2H3/t7-,8+/m1/s1. The van der Waals surface area contributed by atoms with E-state index >= 15 is 0 Å². The van der Waals surface area contributed by atoms with Gasteiger partial charge in [-0.2, -0.15) is 9.78 Å². The van der Waals surface area contributed by atoms with Gasteiger partial charge in [-0.05, 0) is 6.92 Å². The number of halogens is 2. The molecule has 0 spiro atoms. The summed E-state index contributed by atoms with van der Waals surface area (Å²) < 4.78 is 10.6. The zero-order valence-electron chi connectivity index (χ0n) is 7.79. The molecule has 0 N–H and O–H groups in total. The number of ether oxygens (including phenoxy) is 2. The Balaban J connectivity index is 2.60. The Morgan fingerprint density at radius 3 is 2.50 bits per heavy atom. The van der Waals surface area contributed by atoms with Gasteiger partial charge >= 0.3 is 5.97 Å². The van der Waals surface area contributed by atoms with Crippen LogP contribution >= 0.6 is 23.2 Å². The molecule has 1 aliphatic rings. The summed E-state index contributed by atoms with van der Waals surface area (Å²) in [6, 6.07) is 0. The number of hydrogen-bond donors (Lipinski definition) is 0. The van der Waals surface area contributed by atoms with Crippen molar-refractivity contribution < 1.29 is 19.2 Å². The van der Waals surface area contributed by atoms with Crippen LogP contribution in [0.2, 0.25) is 0 Å². The predicted octanol–water partition coefficient (Wildman–Crippen LogP) is 2.02. The summed E-state index contributed by atoms with van der Waals surface area (Å²) in [5.74, 6) is -2.33. The highest BCUT2D eigenvalue weighted by atomic mass is 35.5. The summed E-state index contributed by atoms with van der Waals surface area (Å²) in [5.41, 5.74) is 0. The quantitative estimate of drug-likeness (QED) is 0.420. The van der Waals surface area contributed by atoms with E-state index in [9.17, 15) is 0 Å². The predicted molar refractivity (Wildman–Crippen MR) is 52.0 cm³/mol. The van der Waals surface area contributed by atoms with Crippen LogP contribution in [0, 0.1) is 0 Å². The average molecular weight is 243 g/mol. The number of rotatable bonds is 5. The highest BCUT2D eigenvalue weighted by Gasteiger charge is 2.51. The van der Waals surface area contributed by atoms with Crippen molar-refractivity contribution in [2.24, 2.45) is 0 Å². The second-order valence-corrected chi connectivity index (χ2v) is 3.49. The molecule has 1 aliphatic heterocycles. The zero-order valence-corrected chi connectivity index (χ0v) is 9.31. The van der Waals surface area contributed by atoms with E-state index in [1.54, 1.807) is 13.0 Å². The average Bonchev–Trinajstić information content (AvgIpc) is 2.55. The Hall–Kier alpha value is 0.160. The first-order valence-electron chi connectivity index (χ1n) is 4.03. The number of alkyl halides is 2. The highest BCUT2D eigenvalue weighted by molar-refractivity contribution is 6.18. The molecular weight excluding hydrogens is 231 g/mol. The third-order valence-electron chi connectivity index (χ3n) is 1.54. The molecule has 0 aliphatic carbocycles. The van der Waals surface area contributed by atoms with Crippen LogP contribution in [0.1, 0.15) is 6.92 Å². The van der Waals surface area contributed by atoms with Crippen LogP contribution in [0.15, 0.2) is 12.7 Å². The van der Waals surface area contributed by atoms with Gasteiger partial charge in [0.25, 0.3) is 0 Å². The normalized spacial score (nSPS) is 37.4. The molecule has 0 aromatic carbocycles. The van der Waals surface area contributed by atoms with Crippen molar-refractivity contribution in [1.82, 2.24) is 0 Å². The molecule has 4 nitrogen and oxygen atoms in total. The first-order chi connectivity index (χ1) is 6.60.